The summed E-state index contributed by atoms with van der Waals surface area (Å²) < 4.78 is 5.12. The molecule has 0 aromatic heterocycles. The Kier molecular flexibility index (Phi) is 9.60. The maximum atomic E-state index is 12.9. The van der Waals surface area contributed by atoms with Crippen LogP contribution >= 0.6 is 23.4 Å². The lowest BCUT2D eigenvalue weighted by Crippen LogP contribution is -2.45. The van der Waals surface area contributed by atoms with Crippen molar-refractivity contribution in [1.29, 1.82) is 0 Å². The number of halogens is 1. The molecule has 0 saturated heterocycles. The Morgan fingerprint density at radius 1 is 0.795 bits per heavy atom. The van der Waals surface area contributed by atoms with Crippen LogP contribution in [0.3, 0.4) is 0 Å². The number of alkyl carbamates (subject to hydrolysis) is 1. The zero-order valence-corrected chi connectivity index (χ0v) is 24.1. The van der Waals surface area contributed by atoms with E-state index in [-0.39, 0.29) is 6.04 Å². The minimum absolute atomic E-state index is 0.237. The van der Waals surface area contributed by atoms with Crippen molar-refractivity contribution >= 4 is 35.1 Å². The van der Waals surface area contributed by atoms with E-state index in [0.717, 1.165) is 5.69 Å². The number of benzene rings is 4. The standard InChI is InChI=1S/C33H35ClN2O2S/c1-32(2,3)38-31(37)36-30(23-35-29-21-13-20-28(34)22-29)24-39-33(25-14-7-4-8-15-25,26-16-9-5-10-17-26)27-18-11-6-12-19-27/h4-22,30,35H,23-24H2,1-3H3,(H,36,37)/t30-/m0/s1. The zero-order valence-electron chi connectivity index (χ0n) is 22.6. The van der Waals surface area contributed by atoms with Gasteiger partial charge < -0.3 is 15.4 Å². The highest BCUT2D eigenvalue weighted by Crippen LogP contribution is 2.48. The molecule has 0 saturated carbocycles. The van der Waals surface area contributed by atoms with Crippen LogP contribution < -0.4 is 10.6 Å². The van der Waals surface area contributed by atoms with Gasteiger partial charge in [-0.2, -0.15) is 0 Å². The highest BCUT2D eigenvalue weighted by atomic mass is 35.5. The molecule has 6 heteroatoms. The molecule has 0 aliphatic carbocycles. The van der Waals surface area contributed by atoms with Gasteiger partial charge in [0.25, 0.3) is 0 Å². The number of anilines is 1. The van der Waals surface area contributed by atoms with E-state index in [4.69, 9.17) is 16.3 Å². The average Bonchev–Trinajstić information content (AvgIpc) is 2.93. The minimum Gasteiger partial charge on any atom is -0.444 e. The van der Waals surface area contributed by atoms with Crippen LogP contribution in [0.15, 0.2) is 115 Å². The van der Waals surface area contributed by atoms with Crippen molar-refractivity contribution in [2.24, 2.45) is 0 Å². The number of amides is 1. The summed E-state index contributed by atoms with van der Waals surface area (Å²) in [7, 11) is 0. The van der Waals surface area contributed by atoms with Crippen LogP contribution in [0.5, 0.6) is 0 Å². The first-order valence-corrected chi connectivity index (χ1v) is 14.4. The molecule has 0 fully saturated rings. The molecular weight excluding hydrogens is 524 g/mol. The lowest BCUT2D eigenvalue weighted by molar-refractivity contribution is 0.0512. The van der Waals surface area contributed by atoms with Crippen molar-refractivity contribution in [3.63, 3.8) is 0 Å². The minimum atomic E-state index is -0.593. The molecule has 4 rings (SSSR count). The molecule has 1 atom stereocenters. The maximum absolute atomic E-state index is 12.9. The van der Waals surface area contributed by atoms with Crippen LogP contribution in [-0.4, -0.2) is 30.0 Å². The van der Waals surface area contributed by atoms with Crippen molar-refractivity contribution < 1.29 is 9.53 Å². The van der Waals surface area contributed by atoms with E-state index in [1.54, 1.807) is 11.8 Å². The summed E-state index contributed by atoms with van der Waals surface area (Å²) >= 11 is 8.01. The van der Waals surface area contributed by atoms with Crippen molar-refractivity contribution in [3.05, 3.63) is 137 Å². The summed E-state index contributed by atoms with van der Waals surface area (Å²) in [4.78, 5) is 12.9. The van der Waals surface area contributed by atoms with Crippen molar-refractivity contribution in [2.45, 2.75) is 37.2 Å². The van der Waals surface area contributed by atoms with E-state index in [1.807, 2.05) is 63.2 Å². The predicted octanol–water partition coefficient (Wildman–Crippen LogP) is 8.37. The molecule has 1 amide bonds. The summed E-state index contributed by atoms with van der Waals surface area (Å²) in [5, 5.41) is 7.20. The quantitative estimate of drug-likeness (QED) is 0.192. The number of rotatable bonds is 10. The van der Waals surface area contributed by atoms with Gasteiger partial charge in [-0.25, -0.2) is 4.79 Å². The van der Waals surface area contributed by atoms with Gasteiger partial charge in [0, 0.05) is 23.0 Å². The molecule has 0 aliphatic heterocycles. The highest BCUT2D eigenvalue weighted by molar-refractivity contribution is 8.00. The summed E-state index contributed by atoms with van der Waals surface area (Å²) in [6.07, 6.45) is -0.439. The third-order valence-electron chi connectivity index (χ3n) is 6.14. The smallest absolute Gasteiger partial charge is 0.407 e. The van der Waals surface area contributed by atoms with Crippen LogP contribution in [0.2, 0.25) is 5.02 Å². The van der Waals surface area contributed by atoms with Crippen LogP contribution in [-0.2, 0) is 9.48 Å². The van der Waals surface area contributed by atoms with Crippen molar-refractivity contribution in [2.75, 3.05) is 17.6 Å². The number of carbonyl (C=O) groups is 1. The van der Waals surface area contributed by atoms with Crippen molar-refractivity contribution in [3.8, 4) is 0 Å². The maximum Gasteiger partial charge on any atom is 0.407 e. The first-order chi connectivity index (χ1) is 18.8. The number of carbonyl (C=O) groups excluding carboxylic acids is 1. The topological polar surface area (TPSA) is 50.4 Å². The third kappa shape index (κ3) is 7.81. The number of nitrogens with one attached hydrogen (secondary N) is 2. The normalized spacial score (nSPS) is 12.4. The largest absolute Gasteiger partial charge is 0.444 e. The average molecular weight is 559 g/mol. The monoisotopic (exact) mass is 558 g/mol. The molecule has 2 N–H and O–H groups in total. The van der Waals surface area contributed by atoms with Gasteiger partial charge >= 0.3 is 6.09 Å². The summed E-state index contributed by atoms with van der Waals surface area (Å²) in [5.41, 5.74) is 3.82. The van der Waals surface area contributed by atoms with E-state index in [9.17, 15) is 4.79 Å². The van der Waals surface area contributed by atoms with Gasteiger partial charge in [0.2, 0.25) is 0 Å². The van der Waals surface area contributed by atoms with Gasteiger partial charge in [-0.05, 0) is 55.7 Å². The molecule has 0 spiro atoms. The number of thioether (sulfide) groups is 1. The second kappa shape index (κ2) is 13.1. The Balaban J connectivity index is 1.69. The molecule has 0 aliphatic rings. The van der Waals surface area contributed by atoms with E-state index in [1.165, 1.54) is 16.7 Å². The third-order valence-corrected chi connectivity index (χ3v) is 8.08. The molecule has 0 heterocycles. The fraction of sp³-hybridized carbons (Fsp3) is 0.242. The van der Waals surface area contributed by atoms with Crippen molar-refractivity contribution in [1.82, 2.24) is 5.32 Å². The van der Waals surface area contributed by atoms with Gasteiger partial charge in [-0.1, -0.05) is 109 Å². The molecular formula is C33H35ClN2O2S. The van der Waals surface area contributed by atoms with Gasteiger partial charge in [-0.15, -0.1) is 11.8 Å². The molecule has 202 valence electrons. The Hall–Kier alpha value is -3.41. The van der Waals surface area contributed by atoms with Gasteiger partial charge in [0.1, 0.15) is 5.60 Å². The molecule has 39 heavy (non-hydrogen) atoms. The second-order valence-electron chi connectivity index (χ2n) is 10.3. The number of hydrogen-bond donors (Lipinski definition) is 2. The first-order valence-electron chi connectivity index (χ1n) is 13.1. The van der Waals surface area contributed by atoms with Crippen LogP contribution in [0.1, 0.15) is 37.5 Å². The first kappa shape index (κ1) is 28.6. The SMILES string of the molecule is CC(C)(C)OC(=O)N[C@@H](CNc1cccc(Cl)c1)CSC(c1ccccc1)(c1ccccc1)c1ccccc1. The Bertz CT molecular complexity index is 1230. The van der Waals surface area contributed by atoms with E-state index in [2.05, 4.69) is 83.4 Å². The Morgan fingerprint density at radius 2 is 1.31 bits per heavy atom. The lowest BCUT2D eigenvalue weighted by Gasteiger charge is -2.37. The Morgan fingerprint density at radius 3 is 1.77 bits per heavy atom. The van der Waals surface area contributed by atoms with Crippen LogP contribution in [0.25, 0.3) is 0 Å². The summed E-state index contributed by atoms with van der Waals surface area (Å²) in [6.45, 7) is 6.10. The van der Waals surface area contributed by atoms with Gasteiger partial charge in [0.15, 0.2) is 0 Å². The fourth-order valence-corrected chi connectivity index (χ4v) is 6.21. The van der Waals surface area contributed by atoms with E-state index in [0.29, 0.717) is 17.3 Å². The second-order valence-corrected chi connectivity index (χ2v) is 12.0. The highest BCUT2D eigenvalue weighted by Gasteiger charge is 2.37. The van der Waals surface area contributed by atoms with Crippen LogP contribution in [0.4, 0.5) is 10.5 Å². The van der Waals surface area contributed by atoms with Gasteiger partial charge in [0.05, 0.1) is 10.8 Å². The molecule has 4 aromatic carbocycles. The lowest BCUT2D eigenvalue weighted by atomic mass is 9.84. The molecule has 0 radical (unpaired) electrons. The number of hydrogen-bond acceptors (Lipinski definition) is 4. The van der Waals surface area contributed by atoms with Gasteiger partial charge in [-0.3, -0.25) is 0 Å². The fourth-order valence-electron chi connectivity index (χ4n) is 4.46. The summed E-state index contributed by atoms with van der Waals surface area (Å²) in [6, 6.07) is 39.0. The van der Waals surface area contributed by atoms with Crippen LogP contribution in [0, 0.1) is 0 Å². The molecule has 4 aromatic rings. The molecule has 0 bridgehead atoms. The Labute approximate surface area is 241 Å². The van der Waals surface area contributed by atoms with E-state index >= 15 is 0 Å². The van der Waals surface area contributed by atoms with E-state index < -0.39 is 16.4 Å². The molecule has 4 nitrogen and oxygen atoms in total. The zero-order chi connectivity index (χ0) is 27.7. The summed E-state index contributed by atoms with van der Waals surface area (Å²) in [5.74, 6) is 0.617. The predicted molar refractivity (Wildman–Crippen MR) is 165 cm³/mol. The molecule has 0 unspecified atom stereocenters. The number of ether oxygens (including phenoxy) is 1.